The largest absolute Gasteiger partial charge is 0.368 e. The topological polar surface area (TPSA) is 102 Å². The van der Waals surface area contributed by atoms with Crippen molar-refractivity contribution >= 4 is 32.6 Å². The number of aromatic nitrogens is 2. The van der Waals surface area contributed by atoms with Crippen LogP contribution in [0.15, 0.2) is 24.4 Å². The van der Waals surface area contributed by atoms with E-state index in [1.807, 2.05) is 18.3 Å². The Morgan fingerprint density at radius 3 is 2.65 bits per heavy atom. The molecule has 1 atom stereocenters. The van der Waals surface area contributed by atoms with Crippen LogP contribution in [0.3, 0.4) is 0 Å². The second kappa shape index (κ2) is 7.61. The van der Waals surface area contributed by atoms with Crippen molar-refractivity contribution in [3.05, 3.63) is 24.4 Å². The van der Waals surface area contributed by atoms with Crippen LogP contribution in [0, 0.1) is 22.7 Å². The van der Waals surface area contributed by atoms with E-state index in [1.54, 1.807) is 0 Å². The normalized spacial score (nSPS) is 25.6. The summed E-state index contributed by atoms with van der Waals surface area (Å²) in [5.74, 6) is 1.12. The Morgan fingerprint density at radius 2 is 1.97 bits per heavy atom. The van der Waals surface area contributed by atoms with Crippen molar-refractivity contribution in [1.29, 1.82) is 5.26 Å². The van der Waals surface area contributed by atoms with Gasteiger partial charge in [0.1, 0.15) is 0 Å². The molecule has 1 aliphatic carbocycles. The molecule has 1 aromatic heterocycles. The van der Waals surface area contributed by atoms with Crippen LogP contribution in [0.4, 0.5) is 11.6 Å². The van der Waals surface area contributed by atoms with E-state index in [-0.39, 0.29) is 11.5 Å². The summed E-state index contributed by atoms with van der Waals surface area (Å²) in [7, 11) is -3.13. The van der Waals surface area contributed by atoms with E-state index in [9.17, 15) is 13.7 Å². The zero-order valence-electron chi connectivity index (χ0n) is 17.8. The lowest BCUT2D eigenvalue weighted by Gasteiger charge is -2.30. The fraction of sp³-hybridized carbons (Fsp3) is 0.591. The van der Waals surface area contributed by atoms with Gasteiger partial charge >= 0.3 is 0 Å². The lowest BCUT2D eigenvalue weighted by atomic mass is 9.83. The van der Waals surface area contributed by atoms with Gasteiger partial charge in [0.15, 0.2) is 0 Å². The van der Waals surface area contributed by atoms with Crippen LogP contribution < -0.4 is 10.2 Å². The maximum Gasteiger partial charge on any atom is 0.223 e. The Bertz CT molecular complexity index is 1130. The fourth-order valence-electron chi connectivity index (χ4n) is 5.07. The monoisotopic (exact) mass is 440 g/mol. The van der Waals surface area contributed by atoms with Crippen LogP contribution in [0.25, 0.3) is 10.9 Å². The van der Waals surface area contributed by atoms with E-state index < -0.39 is 10.0 Å². The van der Waals surface area contributed by atoms with Gasteiger partial charge in [-0.05, 0) is 44.1 Å². The number of nitrogens with zero attached hydrogens (tertiary/aromatic N) is 5. The highest BCUT2D eigenvalue weighted by atomic mass is 32.2. The molecule has 31 heavy (non-hydrogen) atoms. The standard InChI is InChI=1S/C22H28N6O2S/c1-31(29,30)28-10-7-18(8-11-28)25-21-24-13-16-3-2-4-19(20(16)26-21)27-12-9-22(14-23,15-27)17-5-6-17/h2-4,13,17-18H,5-12,15H2,1H3,(H,24,25,26). The van der Waals surface area contributed by atoms with Crippen molar-refractivity contribution in [2.45, 2.75) is 38.1 Å². The molecule has 1 saturated carbocycles. The molecular formula is C22H28N6O2S. The third-order valence-corrected chi connectivity index (χ3v) is 8.37. The Balaban J connectivity index is 1.35. The maximum absolute atomic E-state index is 11.7. The van der Waals surface area contributed by atoms with Gasteiger partial charge < -0.3 is 10.2 Å². The van der Waals surface area contributed by atoms with Crippen molar-refractivity contribution in [1.82, 2.24) is 14.3 Å². The summed E-state index contributed by atoms with van der Waals surface area (Å²) in [6.07, 6.45) is 7.82. The maximum atomic E-state index is 11.7. The van der Waals surface area contributed by atoms with E-state index >= 15 is 0 Å². The van der Waals surface area contributed by atoms with Gasteiger partial charge in [-0.3, -0.25) is 0 Å². The van der Waals surface area contributed by atoms with Gasteiger partial charge in [0.05, 0.1) is 28.9 Å². The van der Waals surface area contributed by atoms with Crippen molar-refractivity contribution < 1.29 is 8.42 Å². The molecule has 2 saturated heterocycles. The number of fused-ring (bicyclic) bond motifs is 1. The molecule has 3 aliphatic rings. The first kappa shape index (κ1) is 20.5. The number of nitrogens with one attached hydrogen (secondary N) is 1. The number of hydrogen-bond donors (Lipinski definition) is 1. The Morgan fingerprint density at radius 1 is 1.19 bits per heavy atom. The average molecular weight is 441 g/mol. The number of benzene rings is 1. The van der Waals surface area contributed by atoms with E-state index in [0.29, 0.717) is 25.0 Å². The zero-order chi connectivity index (χ0) is 21.6. The molecule has 3 heterocycles. The predicted octanol–water partition coefficient (Wildman–Crippen LogP) is 2.60. The van der Waals surface area contributed by atoms with Crippen LogP contribution in [0.5, 0.6) is 0 Å². The summed E-state index contributed by atoms with van der Waals surface area (Å²) in [5, 5.41) is 14.2. The van der Waals surface area contributed by atoms with Crippen molar-refractivity contribution in [3.63, 3.8) is 0 Å². The van der Waals surface area contributed by atoms with Crippen LogP contribution in [-0.4, -0.2) is 61.2 Å². The van der Waals surface area contributed by atoms with Gasteiger partial charge in [0, 0.05) is 43.8 Å². The molecule has 0 bridgehead atoms. The van der Waals surface area contributed by atoms with Gasteiger partial charge in [-0.1, -0.05) is 12.1 Å². The highest BCUT2D eigenvalue weighted by molar-refractivity contribution is 7.88. The molecule has 2 aliphatic heterocycles. The smallest absolute Gasteiger partial charge is 0.223 e. The quantitative estimate of drug-likeness (QED) is 0.762. The summed E-state index contributed by atoms with van der Waals surface area (Å²) in [4.78, 5) is 11.6. The lowest BCUT2D eigenvalue weighted by molar-refractivity contribution is 0.331. The Hall–Kier alpha value is -2.44. The second-order valence-corrected chi connectivity index (χ2v) is 11.2. The van der Waals surface area contributed by atoms with Crippen LogP contribution in [0.2, 0.25) is 0 Å². The van der Waals surface area contributed by atoms with Gasteiger partial charge in [-0.2, -0.15) is 5.26 Å². The van der Waals surface area contributed by atoms with E-state index in [0.717, 1.165) is 48.9 Å². The minimum atomic E-state index is -3.13. The Labute approximate surface area is 183 Å². The minimum Gasteiger partial charge on any atom is -0.368 e. The molecule has 2 aromatic rings. The molecule has 0 amide bonds. The van der Waals surface area contributed by atoms with Crippen LogP contribution in [-0.2, 0) is 10.0 Å². The van der Waals surface area contributed by atoms with Gasteiger partial charge in [0.2, 0.25) is 16.0 Å². The predicted molar refractivity (Wildman–Crippen MR) is 120 cm³/mol. The highest BCUT2D eigenvalue weighted by Gasteiger charge is 2.50. The number of anilines is 2. The fourth-order valence-corrected chi connectivity index (χ4v) is 5.94. The van der Waals surface area contributed by atoms with Crippen molar-refractivity contribution in [2.75, 3.05) is 42.7 Å². The molecular weight excluding hydrogens is 412 g/mol. The molecule has 164 valence electrons. The highest BCUT2D eigenvalue weighted by Crippen LogP contribution is 2.51. The number of piperidine rings is 1. The third kappa shape index (κ3) is 3.94. The van der Waals surface area contributed by atoms with Gasteiger partial charge in [-0.15, -0.1) is 0 Å². The molecule has 9 heteroatoms. The molecule has 1 N–H and O–H groups in total. The number of hydrogen-bond acceptors (Lipinski definition) is 7. The molecule has 1 aromatic carbocycles. The molecule has 0 radical (unpaired) electrons. The minimum absolute atomic E-state index is 0.149. The average Bonchev–Trinajstić information content (AvgIpc) is 3.53. The number of nitriles is 1. The molecule has 1 unspecified atom stereocenters. The molecule has 3 fully saturated rings. The number of rotatable bonds is 5. The van der Waals surface area contributed by atoms with Crippen LogP contribution >= 0.6 is 0 Å². The van der Waals surface area contributed by atoms with Crippen molar-refractivity contribution in [3.8, 4) is 6.07 Å². The number of sulfonamides is 1. The summed E-state index contributed by atoms with van der Waals surface area (Å²) < 4.78 is 25.0. The molecule has 5 rings (SSSR count). The first-order chi connectivity index (χ1) is 14.9. The first-order valence-corrected chi connectivity index (χ1v) is 12.9. The van der Waals surface area contributed by atoms with Crippen LogP contribution in [0.1, 0.15) is 32.1 Å². The summed E-state index contributed by atoms with van der Waals surface area (Å²) in [6.45, 7) is 2.67. The van der Waals surface area contributed by atoms with E-state index in [4.69, 9.17) is 4.98 Å². The van der Waals surface area contributed by atoms with E-state index in [1.165, 1.54) is 23.4 Å². The summed E-state index contributed by atoms with van der Waals surface area (Å²) in [6, 6.07) is 8.91. The molecule has 0 spiro atoms. The van der Waals surface area contributed by atoms with E-state index in [2.05, 4.69) is 27.3 Å². The first-order valence-electron chi connectivity index (χ1n) is 11.0. The van der Waals surface area contributed by atoms with Gasteiger partial charge in [0.25, 0.3) is 0 Å². The SMILES string of the molecule is CS(=O)(=O)N1CCC(Nc2ncc3cccc(N4CCC(C#N)(C5CC5)C4)c3n2)CC1. The molecule has 8 nitrogen and oxygen atoms in total. The van der Waals surface area contributed by atoms with Crippen molar-refractivity contribution in [2.24, 2.45) is 11.3 Å². The summed E-state index contributed by atoms with van der Waals surface area (Å²) in [5.41, 5.74) is 1.75. The zero-order valence-corrected chi connectivity index (χ0v) is 18.6. The van der Waals surface area contributed by atoms with Gasteiger partial charge in [-0.25, -0.2) is 22.7 Å². The third-order valence-electron chi connectivity index (χ3n) is 7.07. The second-order valence-electron chi connectivity index (χ2n) is 9.20. The summed E-state index contributed by atoms with van der Waals surface area (Å²) >= 11 is 0. The number of para-hydroxylation sites is 1. The lowest BCUT2D eigenvalue weighted by Crippen LogP contribution is -2.42. The Kier molecular flexibility index (Phi) is 5.02.